The van der Waals surface area contributed by atoms with Gasteiger partial charge >= 0.3 is 0 Å². The van der Waals surface area contributed by atoms with Crippen LogP contribution >= 0.6 is 0 Å². The molecule has 2 N–H and O–H groups in total. The molecule has 13 heavy (non-hydrogen) atoms. The standard InChI is InChI=1S/C8H9N2O3/c1-3-7(12)9-6(5-11)10-8(13)4-2/h3-4,6H,1-2H2,(H,9,12)(H,10,13). The second-order valence-electron chi connectivity index (χ2n) is 1.98. The Labute approximate surface area is 75.5 Å². The van der Waals surface area contributed by atoms with Crippen molar-refractivity contribution in [1.82, 2.24) is 10.6 Å². The van der Waals surface area contributed by atoms with Crippen LogP contribution in [0.4, 0.5) is 0 Å². The van der Waals surface area contributed by atoms with Gasteiger partial charge in [0.15, 0.2) is 6.17 Å². The normalized spacial score (nSPS) is 8.69. The minimum Gasteiger partial charge on any atom is -0.326 e. The van der Waals surface area contributed by atoms with Crippen LogP contribution in [0.3, 0.4) is 0 Å². The third kappa shape index (κ3) is 4.52. The van der Waals surface area contributed by atoms with Crippen LogP contribution in [0.15, 0.2) is 25.3 Å². The van der Waals surface area contributed by atoms with Crippen molar-refractivity contribution in [3.8, 4) is 0 Å². The summed E-state index contributed by atoms with van der Waals surface area (Å²) in [5, 5.41) is 4.24. The summed E-state index contributed by atoms with van der Waals surface area (Å²) in [6.07, 6.45) is 2.21. The maximum absolute atomic E-state index is 10.7. The van der Waals surface area contributed by atoms with Gasteiger partial charge in [-0.1, -0.05) is 13.2 Å². The summed E-state index contributed by atoms with van der Waals surface area (Å²) in [5.41, 5.74) is 0. The second kappa shape index (κ2) is 5.70. The molecule has 0 aliphatic rings. The lowest BCUT2D eigenvalue weighted by Crippen LogP contribution is -2.48. The number of carbonyl (C=O) groups excluding carboxylic acids is 3. The zero-order chi connectivity index (χ0) is 10.3. The second-order valence-corrected chi connectivity index (χ2v) is 1.98. The summed E-state index contributed by atoms with van der Waals surface area (Å²) in [6, 6.07) is 0. The SMILES string of the molecule is C=CC(=O)NC([C]=O)NC(=O)C=C. The molecule has 0 rings (SSSR count). The number of amides is 2. The van der Waals surface area contributed by atoms with E-state index in [1.165, 1.54) is 6.29 Å². The average molecular weight is 181 g/mol. The molecular weight excluding hydrogens is 172 g/mol. The number of rotatable bonds is 5. The van der Waals surface area contributed by atoms with Crippen LogP contribution in [0.1, 0.15) is 0 Å². The van der Waals surface area contributed by atoms with Crippen LogP contribution in [0.2, 0.25) is 0 Å². The molecular formula is C8H9N2O3. The van der Waals surface area contributed by atoms with E-state index in [1.807, 2.05) is 0 Å². The largest absolute Gasteiger partial charge is 0.326 e. The first kappa shape index (κ1) is 11.1. The van der Waals surface area contributed by atoms with Crippen molar-refractivity contribution in [2.24, 2.45) is 0 Å². The van der Waals surface area contributed by atoms with E-state index in [9.17, 15) is 14.4 Å². The fraction of sp³-hybridized carbons (Fsp3) is 0.125. The molecule has 1 radical (unpaired) electrons. The van der Waals surface area contributed by atoms with Crippen molar-refractivity contribution in [2.75, 3.05) is 0 Å². The van der Waals surface area contributed by atoms with E-state index in [-0.39, 0.29) is 0 Å². The molecule has 0 unspecified atom stereocenters. The first-order valence-electron chi connectivity index (χ1n) is 3.37. The van der Waals surface area contributed by atoms with Gasteiger partial charge in [0.1, 0.15) is 0 Å². The van der Waals surface area contributed by atoms with Crippen LogP contribution in [0.25, 0.3) is 0 Å². The van der Waals surface area contributed by atoms with Crippen LogP contribution < -0.4 is 10.6 Å². The van der Waals surface area contributed by atoms with E-state index >= 15 is 0 Å². The van der Waals surface area contributed by atoms with Crippen molar-refractivity contribution < 1.29 is 14.4 Å². The molecule has 0 saturated carbocycles. The summed E-state index contributed by atoms with van der Waals surface area (Å²) in [7, 11) is 0. The molecule has 0 fully saturated rings. The third-order valence-corrected chi connectivity index (χ3v) is 1.06. The van der Waals surface area contributed by atoms with E-state index in [2.05, 4.69) is 23.8 Å². The first-order valence-corrected chi connectivity index (χ1v) is 3.37. The molecule has 5 heteroatoms. The zero-order valence-electron chi connectivity index (χ0n) is 6.87. The molecule has 0 bridgehead atoms. The molecule has 0 aromatic rings. The van der Waals surface area contributed by atoms with Gasteiger partial charge < -0.3 is 10.6 Å². The Hall–Kier alpha value is -1.91. The molecule has 0 aliphatic carbocycles. The van der Waals surface area contributed by atoms with Crippen molar-refractivity contribution >= 4 is 18.1 Å². The fourth-order valence-corrected chi connectivity index (χ4v) is 0.497. The van der Waals surface area contributed by atoms with Gasteiger partial charge in [-0.3, -0.25) is 14.4 Å². The Morgan fingerprint density at radius 1 is 1.15 bits per heavy atom. The molecule has 0 aromatic heterocycles. The van der Waals surface area contributed by atoms with Gasteiger partial charge in [-0.05, 0) is 12.2 Å². The Morgan fingerprint density at radius 3 is 1.77 bits per heavy atom. The molecule has 5 nitrogen and oxygen atoms in total. The Kier molecular flexibility index (Phi) is 4.87. The molecule has 69 valence electrons. The van der Waals surface area contributed by atoms with Crippen LogP contribution in [0.5, 0.6) is 0 Å². The number of carbonyl (C=O) groups is 2. The molecule has 0 aromatic carbocycles. The van der Waals surface area contributed by atoms with E-state index < -0.39 is 18.0 Å². The highest BCUT2D eigenvalue weighted by Gasteiger charge is 2.10. The number of hydrogen-bond donors (Lipinski definition) is 2. The van der Waals surface area contributed by atoms with Gasteiger partial charge in [-0.2, -0.15) is 0 Å². The molecule has 2 amide bonds. The smallest absolute Gasteiger partial charge is 0.245 e. The van der Waals surface area contributed by atoms with Gasteiger partial charge in [-0.25, -0.2) is 0 Å². The quantitative estimate of drug-likeness (QED) is 0.423. The van der Waals surface area contributed by atoms with Gasteiger partial charge in [0.2, 0.25) is 18.1 Å². The van der Waals surface area contributed by atoms with Crippen molar-refractivity contribution in [3.63, 3.8) is 0 Å². The minimum absolute atomic E-state index is 0.572. The van der Waals surface area contributed by atoms with Gasteiger partial charge in [0.25, 0.3) is 0 Å². The van der Waals surface area contributed by atoms with E-state index in [1.54, 1.807) is 0 Å². The lowest BCUT2D eigenvalue weighted by atomic mass is 10.4. The lowest BCUT2D eigenvalue weighted by molar-refractivity contribution is -0.118. The fourth-order valence-electron chi connectivity index (χ4n) is 0.497. The monoisotopic (exact) mass is 181 g/mol. The summed E-state index contributed by atoms with van der Waals surface area (Å²) in [6.45, 7) is 6.35. The minimum atomic E-state index is -1.17. The third-order valence-electron chi connectivity index (χ3n) is 1.06. The first-order chi connectivity index (χ1) is 6.13. The number of nitrogens with one attached hydrogen (secondary N) is 2. The van der Waals surface area contributed by atoms with Crippen LogP contribution in [0, 0.1) is 0 Å². The van der Waals surface area contributed by atoms with Gasteiger partial charge in [0, 0.05) is 0 Å². The van der Waals surface area contributed by atoms with E-state index in [0.717, 1.165) is 12.2 Å². The van der Waals surface area contributed by atoms with Crippen LogP contribution in [-0.4, -0.2) is 24.3 Å². The lowest BCUT2D eigenvalue weighted by Gasteiger charge is -2.10. The predicted octanol–water partition coefficient (Wildman–Crippen LogP) is -0.973. The topological polar surface area (TPSA) is 75.3 Å². The summed E-state index contributed by atoms with van der Waals surface area (Å²) in [4.78, 5) is 31.5. The zero-order valence-corrected chi connectivity index (χ0v) is 6.87. The Bertz CT molecular complexity index is 226. The van der Waals surface area contributed by atoms with E-state index in [0.29, 0.717) is 0 Å². The average Bonchev–Trinajstić information content (AvgIpc) is 2.16. The maximum atomic E-state index is 10.7. The van der Waals surface area contributed by atoms with Gasteiger partial charge in [-0.15, -0.1) is 0 Å². The summed E-state index contributed by atoms with van der Waals surface area (Å²) in [5.74, 6) is -1.14. The highest BCUT2D eigenvalue weighted by molar-refractivity contribution is 5.92. The van der Waals surface area contributed by atoms with Crippen molar-refractivity contribution in [1.29, 1.82) is 0 Å². The molecule has 0 heterocycles. The summed E-state index contributed by atoms with van der Waals surface area (Å²) < 4.78 is 0. The van der Waals surface area contributed by atoms with E-state index in [4.69, 9.17) is 0 Å². The molecule has 0 atom stereocenters. The Morgan fingerprint density at radius 2 is 1.54 bits per heavy atom. The summed E-state index contributed by atoms with van der Waals surface area (Å²) >= 11 is 0. The molecule has 0 saturated heterocycles. The highest BCUT2D eigenvalue weighted by Crippen LogP contribution is 1.76. The number of hydrogen-bond acceptors (Lipinski definition) is 3. The predicted molar refractivity (Wildman–Crippen MR) is 46.2 cm³/mol. The molecule has 0 aliphatic heterocycles. The molecule has 0 spiro atoms. The maximum Gasteiger partial charge on any atom is 0.245 e. The van der Waals surface area contributed by atoms with Crippen molar-refractivity contribution in [3.05, 3.63) is 25.3 Å². The van der Waals surface area contributed by atoms with Gasteiger partial charge in [0.05, 0.1) is 0 Å². The Balaban J connectivity index is 4.10. The van der Waals surface area contributed by atoms with Crippen LogP contribution in [-0.2, 0) is 14.4 Å². The highest BCUT2D eigenvalue weighted by atomic mass is 16.2. The van der Waals surface area contributed by atoms with Crippen molar-refractivity contribution in [2.45, 2.75) is 6.17 Å².